The number of rotatable bonds is 3. The standard InChI is InChI=1S/C14H11BrO2S/c1-9-5-4-6-10(14(16)17)13(9)18-12-8-3-2-7-11(12)15/h2-8H,1H3,(H,16,17). The summed E-state index contributed by atoms with van der Waals surface area (Å²) in [4.78, 5) is 13.0. The number of carbonyl (C=O) groups is 1. The van der Waals surface area contributed by atoms with Gasteiger partial charge in [-0.25, -0.2) is 4.79 Å². The first-order chi connectivity index (χ1) is 8.59. The average molecular weight is 323 g/mol. The summed E-state index contributed by atoms with van der Waals surface area (Å²) >= 11 is 4.94. The van der Waals surface area contributed by atoms with Crippen molar-refractivity contribution in [1.29, 1.82) is 0 Å². The molecule has 0 aliphatic carbocycles. The van der Waals surface area contributed by atoms with Crippen molar-refractivity contribution in [2.24, 2.45) is 0 Å². The molecule has 0 spiro atoms. The van der Waals surface area contributed by atoms with Crippen LogP contribution < -0.4 is 0 Å². The van der Waals surface area contributed by atoms with Crippen LogP contribution in [0.15, 0.2) is 56.7 Å². The third kappa shape index (κ3) is 2.76. The largest absolute Gasteiger partial charge is 0.478 e. The Kier molecular flexibility index (Phi) is 4.09. The molecular weight excluding hydrogens is 312 g/mol. The fourth-order valence-electron chi connectivity index (χ4n) is 1.59. The van der Waals surface area contributed by atoms with E-state index in [-0.39, 0.29) is 0 Å². The Bertz CT molecular complexity index is 596. The van der Waals surface area contributed by atoms with Gasteiger partial charge in [0.05, 0.1) is 5.56 Å². The second-order valence-corrected chi connectivity index (χ2v) is 5.70. The molecule has 0 atom stereocenters. The minimum atomic E-state index is -0.895. The number of aryl methyl sites for hydroxylation is 1. The SMILES string of the molecule is Cc1cccc(C(=O)O)c1Sc1ccccc1Br. The average Bonchev–Trinajstić information content (AvgIpc) is 2.34. The van der Waals surface area contributed by atoms with Gasteiger partial charge in [-0.1, -0.05) is 36.0 Å². The van der Waals surface area contributed by atoms with Gasteiger partial charge in [0.1, 0.15) is 0 Å². The van der Waals surface area contributed by atoms with Crippen LogP contribution in [0.5, 0.6) is 0 Å². The van der Waals surface area contributed by atoms with Crippen molar-refractivity contribution in [2.45, 2.75) is 16.7 Å². The minimum absolute atomic E-state index is 0.343. The molecule has 0 amide bonds. The van der Waals surface area contributed by atoms with E-state index in [1.165, 1.54) is 11.8 Å². The van der Waals surface area contributed by atoms with Crippen LogP contribution >= 0.6 is 27.7 Å². The first-order valence-corrected chi connectivity index (χ1v) is 6.96. The number of halogens is 1. The first-order valence-electron chi connectivity index (χ1n) is 5.35. The lowest BCUT2D eigenvalue weighted by atomic mass is 10.1. The molecule has 0 saturated carbocycles. The topological polar surface area (TPSA) is 37.3 Å². The lowest BCUT2D eigenvalue weighted by molar-refractivity contribution is 0.0693. The number of aromatic carboxylic acids is 1. The highest BCUT2D eigenvalue weighted by Crippen LogP contribution is 2.36. The Hall–Kier alpha value is -1.26. The van der Waals surface area contributed by atoms with Crippen LogP contribution in [0, 0.1) is 6.92 Å². The van der Waals surface area contributed by atoms with E-state index in [0.717, 1.165) is 19.8 Å². The van der Waals surface area contributed by atoms with Gasteiger partial charge in [-0.15, -0.1) is 0 Å². The van der Waals surface area contributed by atoms with E-state index in [4.69, 9.17) is 0 Å². The van der Waals surface area contributed by atoms with Crippen LogP contribution in [0.2, 0.25) is 0 Å². The van der Waals surface area contributed by atoms with Crippen molar-refractivity contribution in [2.75, 3.05) is 0 Å². The van der Waals surface area contributed by atoms with Crippen LogP contribution in [0.1, 0.15) is 15.9 Å². The monoisotopic (exact) mass is 322 g/mol. The summed E-state index contributed by atoms with van der Waals surface area (Å²) in [6.07, 6.45) is 0. The zero-order valence-corrected chi connectivity index (χ0v) is 12.1. The second kappa shape index (κ2) is 5.59. The maximum absolute atomic E-state index is 11.2. The molecule has 0 saturated heterocycles. The van der Waals surface area contributed by atoms with Gasteiger partial charge in [-0.3, -0.25) is 0 Å². The summed E-state index contributed by atoms with van der Waals surface area (Å²) in [6, 6.07) is 13.1. The minimum Gasteiger partial charge on any atom is -0.478 e. The molecule has 2 aromatic carbocycles. The maximum Gasteiger partial charge on any atom is 0.336 e. The van der Waals surface area contributed by atoms with Gasteiger partial charge in [0.25, 0.3) is 0 Å². The van der Waals surface area contributed by atoms with Gasteiger partial charge in [-0.2, -0.15) is 0 Å². The Balaban J connectivity index is 2.46. The molecule has 18 heavy (non-hydrogen) atoms. The Labute approximate surface area is 118 Å². The predicted molar refractivity (Wildman–Crippen MR) is 76.4 cm³/mol. The summed E-state index contributed by atoms with van der Waals surface area (Å²) in [5.41, 5.74) is 1.31. The van der Waals surface area contributed by atoms with E-state index < -0.39 is 5.97 Å². The Morgan fingerprint density at radius 1 is 1.17 bits per heavy atom. The molecule has 0 aromatic heterocycles. The molecule has 0 fully saturated rings. The summed E-state index contributed by atoms with van der Waals surface area (Å²) in [5.74, 6) is -0.895. The smallest absolute Gasteiger partial charge is 0.336 e. The van der Waals surface area contributed by atoms with Gasteiger partial charge < -0.3 is 5.11 Å². The van der Waals surface area contributed by atoms with Crippen LogP contribution in [0.25, 0.3) is 0 Å². The van der Waals surface area contributed by atoms with Crippen molar-refractivity contribution >= 4 is 33.7 Å². The Morgan fingerprint density at radius 2 is 1.89 bits per heavy atom. The number of hydrogen-bond donors (Lipinski definition) is 1. The molecule has 2 rings (SSSR count). The predicted octanol–water partition coefficient (Wildman–Crippen LogP) is 4.61. The van der Waals surface area contributed by atoms with E-state index in [9.17, 15) is 9.90 Å². The van der Waals surface area contributed by atoms with Crippen LogP contribution in [-0.2, 0) is 0 Å². The first kappa shape index (κ1) is 13.2. The summed E-state index contributed by atoms with van der Waals surface area (Å²) in [5, 5.41) is 9.21. The Morgan fingerprint density at radius 3 is 2.56 bits per heavy atom. The van der Waals surface area contributed by atoms with Crippen LogP contribution in [-0.4, -0.2) is 11.1 Å². The number of hydrogen-bond acceptors (Lipinski definition) is 2. The van der Waals surface area contributed by atoms with Crippen molar-refractivity contribution < 1.29 is 9.90 Å². The van der Waals surface area contributed by atoms with Crippen molar-refractivity contribution in [3.05, 3.63) is 58.1 Å². The van der Waals surface area contributed by atoms with Gasteiger partial charge >= 0.3 is 5.97 Å². The fraction of sp³-hybridized carbons (Fsp3) is 0.0714. The van der Waals surface area contributed by atoms with Gasteiger partial charge in [-0.05, 0) is 46.6 Å². The van der Waals surface area contributed by atoms with Gasteiger partial charge in [0.2, 0.25) is 0 Å². The third-order valence-electron chi connectivity index (χ3n) is 2.49. The molecule has 2 aromatic rings. The molecule has 4 heteroatoms. The lowest BCUT2D eigenvalue weighted by Gasteiger charge is -2.10. The van der Waals surface area contributed by atoms with Gasteiger partial charge in [0.15, 0.2) is 0 Å². The zero-order chi connectivity index (χ0) is 13.1. The van der Waals surface area contributed by atoms with Crippen molar-refractivity contribution in [3.8, 4) is 0 Å². The highest BCUT2D eigenvalue weighted by Gasteiger charge is 2.14. The summed E-state index contributed by atoms with van der Waals surface area (Å²) in [6.45, 7) is 1.92. The zero-order valence-electron chi connectivity index (χ0n) is 9.68. The normalized spacial score (nSPS) is 10.3. The van der Waals surface area contributed by atoms with E-state index >= 15 is 0 Å². The fourth-order valence-corrected chi connectivity index (χ4v) is 3.15. The quantitative estimate of drug-likeness (QED) is 0.896. The third-order valence-corrected chi connectivity index (χ3v) is 4.77. The molecule has 0 heterocycles. The van der Waals surface area contributed by atoms with Crippen molar-refractivity contribution in [1.82, 2.24) is 0 Å². The van der Waals surface area contributed by atoms with Gasteiger partial charge in [0, 0.05) is 14.3 Å². The van der Waals surface area contributed by atoms with E-state index in [1.54, 1.807) is 12.1 Å². The van der Waals surface area contributed by atoms with E-state index in [0.29, 0.717) is 5.56 Å². The molecule has 0 radical (unpaired) electrons. The van der Waals surface area contributed by atoms with E-state index in [2.05, 4.69) is 15.9 Å². The summed E-state index contributed by atoms with van der Waals surface area (Å²) in [7, 11) is 0. The maximum atomic E-state index is 11.2. The molecule has 0 unspecified atom stereocenters. The molecule has 2 nitrogen and oxygen atoms in total. The summed E-state index contributed by atoms with van der Waals surface area (Å²) < 4.78 is 0.967. The highest BCUT2D eigenvalue weighted by molar-refractivity contribution is 9.10. The van der Waals surface area contributed by atoms with Crippen LogP contribution in [0.3, 0.4) is 0 Å². The van der Waals surface area contributed by atoms with Crippen molar-refractivity contribution in [3.63, 3.8) is 0 Å². The van der Waals surface area contributed by atoms with Crippen LogP contribution in [0.4, 0.5) is 0 Å². The molecule has 0 aliphatic rings. The second-order valence-electron chi connectivity index (χ2n) is 3.79. The molecule has 0 bridgehead atoms. The van der Waals surface area contributed by atoms with E-state index in [1.807, 2.05) is 37.3 Å². The molecule has 92 valence electrons. The molecule has 1 N–H and O–H groups in total. The number of carboxylic acids is 1. The molecule has 0 aliphatic heterocycles. The number of benzene rings is 2. The highest BCUT2D eigenvalue weighted by atomic mass is 79.9. The number of carboxylic acid groups (broad SMARTS) is 1. The lowest BCUT2D eigenvalue weighted by Crippen LogP contribution is -2.00. The molecular formula is C14H11BrO2S.